The van der Waals surface area contributed by atoms with Crippen LogP contribution in [0.2, 0.25) is 0 Å². The van der Waals surface area contributed by atoms with Crippen molar-refractivity contribution in [1.82, 2.24) is 5.32 Å². The Bertz CT molecular complexity index is 556. The van der Waals surface area contributed by atoms with Crippen LogP contribution in [0.25, 0.3) is 0 Å². The molecule has 0 spiro atoms. The average Bonchev–Trinajstić information content (AvgIpc) is 2.44. The van der Waals surface area contributed by atoms with Gasteiger partial charge >= 0.3 is 0 Å². The van der Waals surface area contributed by atoms with E-state index in [4.69, 9.17) is 4.74 Å². The summed E-state index contributed by atoms with van der Waals surface area (Å²) in [5.74, 6) is 1.50. The standard InChI is InChI=1S/C16H25NO3S/c1-3-15(20-16-9-5-4-7-13(16)2)11-17-14-8-6-10-21(18,19)12-14/h4-5,7,9,14-15,17H,3,6,8,10-12H2,1-2H3/t14-,15-/m0/s1. The molecule has 2 rings (SSSR count). The van der Waals surface area contributed by atoms with Gasteiger partial charge < -0.3 is 10.1 Å². The maximum absolute atomic E-state index is 11.6. The van der Waals surface area contributed by atoms with E-state index in [9.17, 15) is 8.42 Å². The van der Waals surface area contributed by atoms with Crippen molar-refractivity contribution in [2.24, 2.45) is 0 Å². The van der Waals surface area contributed by atoms with Gasteiger partial charge in [0.15, 0.2) is 9.84 Å². The maximum Gasteiger partial charge on any atom is 0.151 e. The monoisotopic (exact) mass is 311 g/mol. The van der Waals surface area contributed by atoms with Gasteiger partial charge in [0.05, 0.1) is 11.5 Å². The normalized spacial score (nSPS) is 22.7. The van der Waals surface area contributed by atoms with Crippen molar-refractivity contribution in [2.75, 3.05) is 18.1 Å². The lowest BCUT2D eigenvalue weighted by Crippen LogP contribution is -2.44. The van der Waals surface area contributed by atoms with Crippen LogP contribution in [-0.4, -0.2) is 38.6 Å². The number of hydrogen-bond donors (Lipinski definition) is 1. The fraction of sp³-hybridized carbons (Fsp3) is 0.625. The van der Waals surface area contributed by atoms with Crippen LogP contribution in [0.4, 0.5) is 0 Å². The minimum absolute atomic E-state index is 0.0655. The van der Waals surface area contributed by atoms with E-state index in [0.29, 0.717) is 12.3 Å². The topological polar surface area (TPSA) is 55.4 Å². The second-order valence-corrected chi connectivity index (χ2v) is 8.00. The van der Waals surface area contributed by atoms with Crippen molar-refractivity contribution in [1.29, 1.82) is 0 Å². The number of para-hydroxylation sites is 1. The summed E-state index contributed by atoms with van der Waals surface area (Å²) in [7, 11) is -2.86. The Morgan fingerprint density at radius 1 is 1.38 bits per heavy atom. The first kappa shape index (κ1) is 16.3. The lowest BCUT2D eigenvalue weighted by atomic mass is 10.1. The molecule has 1 aliphatic rings. The quantitative estimate of drug-likeness (QED) is 0.876. The summed E-state index contributed by atoms with van der Waals surface area (Å²) < 4.78 is 29.3. The van der Waals surface area contributed by atoms with Crippen LogP contribution in [0.15, 0.2) is 24.3 Å². The predicted octanol–water partition coefficient (Wildman–Crippen LogP) is 2.32. The molecule has 1 heterocycles. The van der Waals surface area contributed by atoms with E-state index in [-0.39, 0.29) is 17.9 Å². The van der Waals surface area contributed by atoms with Gasteiger partial charge in [0.2, 0.25) is 0 Å². The smallest absolute Gasteiger partial charge is 0.151 e. The zero-order valence-corrected chi connectivity index (χ0v) is 13.7. The first-order chi connectivity index (χ1) is 10.00. The second kappa shape index (κ2) is 7.27. The van der Waals surface area contributed by atoms with E-state index in [0.717, 1.165) is 30.6 Å². The molecule has 118 valence electrons. The van der Waals surface area contributed by atoms with Gasteiger partial charge in [0, 0.05) is 12.6 Å². The predicted molar refractivity (Wildman–Crippen MR) is 85.6 cm³/mol. The maximum atomic E-state index is 11.6. The number of sulfone groups is 1. The number of benzene rings is 1. The molecule has 1 N–H and O–H groups in total. The SMILES string of the molecule is CC[C@@H](CN[C@H]1CCCS(=O)(=O)C1)Oc1ccccc1C. The molecule has 1 aromatic rings. The van der Waals surface area contributed by atoms with Crippen LogP contribution in [0, 0.1) is 6.92 Å². The third kappa shape index (κ3) is 5.00. The molecular formula is C16H25NO3S. The Morgan fingerprint density at radius 3 is 2.81 bits per heavy atom. The molecule has 0 bridgehead atoms. The molecule has 1 saturated heterocycles. The third-order valence-corrected chi connectivity index (χ3v) is 5.76. The summed E-state index contributed by atoms with van der Waals surface area (Å²) >= 11 is 0. The van der Waals surface area contributed by atoms with Gasteiger partial charge in [-0.05, 0) is 37.8 Å². The summed E-state index contributed by atoms with van der Waals surface area (Å²) in [5.41, 5.74) is 1.12. The third-order valence-electron chi connectivity index (χ3n) is 3.94. The minimum Gasteiger partial charge on any atom is -0.489 e. The zero-order valence-electron chi connectivity index (χ0n) is 12.8. The van der Waals surface area contributed by atoms with Crippen molar-refractivity contribution in [3.8, 4) is 5.75 Å². The van der Waals surface area contributed by atoms with E-state index in [2.05, 4.69) is 12.2 Å². The summed E-state index contributed by atoms with van der Waals surface area (Å²) in [6.07, 6.45) is 2.65. The number of rotatable bonds is 6. The summed E-state index contributed by atoms with van der Waals surface area (Å²) in [4.78, 5) is 0. The molecule has 0 aromatic heterocycles. The highest BCUT2D eigenvalue weighted by Gasteiger charge is 2.25. The van der Waals surface area contributed by atoms with Crippen molar-refractivity contribution in [2.45, 2.75) is 45.3 Å². The Morgan fingerprint density at radius 2 is 2.14 bits per heavy atom. The molecule has 1 aliphatic heterocycles. The van der Waals surface area contributed by atoms with Crippen molar-refractivity contribution >= 4 is 9.84 Å². The van der Waals surface area contributed by atoms with Gasteiger partial charge in [-0.2, -0.15) is 0 Å². The molecule has 0 saturated carbocycles. The summed E-state index contributed by atoms with van der Waals surface area (Å²) in [5, 5.41) is 3.36. The van der Waals surface area contributed by atoms with Crippen LogP contribution >= 0.6 is 0 Å². The van der Waals surface area contributed by atoms with E-state index >= 15 is 0 Å². The largest absolute Gasteiger partial charge is 0.489 e. The van der Waals surface area contributed by atoms with Gasteiger partial charge in [0.25, 0.3) is 0 Å². The van der Waals surface area contributed by atoms with Crippen LogP contribution in [-0.2, 0) is 9.84 Å². The number of hydrogen-bond acceptors (Lipinski definition) is 4. The van der Waals surface area contributed by atoms with E-state index in [1.165, 1.54) is 0 Å². The molecule has 0 aliphatic carbocycles. The van der Waals surface area contributed by atoms with Gasteiger partial charge in [-0.15, -0.1) is 0 Å². The molecule has 5 heteroatoms. The van der Waals surface area contributed by atoms with Gasteiger partial charge in [-0.25, -0.2) is 8.42 Å². The van der Waals surface area contributed by atoms with Crippen molar-refractivity contribution in [3.63, 3.8) is 0 Å². The lowest BCUT2D eigenvalue weighted by Gasteiger charge is -2.26. The summed E-state index contributed by atoms with van der Waals surface area (Å²) in [6, 6.07) is 8.04. The van der Waals surface area contributed by atoms with Crippen LogP contribution in [0.5, 0.6) is 5.75 Å². The highest BCUT2D eigenvalue weighted by Crippen LogP contribution is 2.19. The first-order valence-electron chi connectivity index (χ1n) is 7.66. The van der Waals surface area contributed by atoms with Crippen LogP contribution < -0.4 is 10.1 Å². The first-order valence-corrected chi connectivity index (χ1v) is 9.48. The highest BCUT2D eigenvalue weighted by molar-refractivity contribution is 7.91. The Labute approximate surface area is 127 Å². The van der Waals surface area contributed by atoms with Crippen LogP contribution in [0.3, 0.4) is 0 Å². The van der Waals surface area contributed by atoms with E-state index in [1.54, 1.807) is 0 Å². The molecule has 1 aromatic carbocycles. The lowest BCUT2D eigenvalue weighted by molar-refractivity contribution is 0.187. The Hall–Kier alpha value is -1.07. The van der Waals surface area contributed by atoms with Gasteiger partial charge in [-0.1, -0.05) is 25.1 Å². The van der Waals surface area contributed by atoms with Crippen molar-refractivity contribution in [3.05, 3.63) is 29.8 Å². The molecule has 2 atom stereocenters. The molecule has 0 radical (unpaired) electrons. The van der Waals surface area contributed by atoms with Gasteiger partial charge in [0.1, 0.15) is 11.9 Å². The Balaban J connectivity index is 1.87. The van der Waals surface area contributed by atoms with Crippen LogP contribution in [0.1, 0.15) is 31.7 Å². The fourth-order valence-corrected chi connectivity index (χ4v) is 4.29. The number of ether oxygens (including phenoxy) is 1. The average molecular weight is 311 g/mol. The molecule has 21 heavy (non-hydrogen) atoms. The number of nitrogens with one attached hydrogen (secondary N) is 1. The minimum atomic E-state index is -2.86. The molecule has 4 nitrogen and oxygen atoms in total. The number of aryl methyl sites for hydroxylation is 1. The van der Waals surface area contributed by atoms with Gasteiger partial charge in [-0.3, -0.25) is 0 Å². The van der Waals surface area contributed by atoms with Crippen molar-refractivity contribution < 1.29 is 13.2 Å². The highest BCUT2D eigenvalue weighted by atomic mass is 32.2. The Kier molecular flexibility index (Phi) is 5.65. The van der Waals surface area contributed by atoms with E-state index in [1.807, 2.05) is 31.2 Å². The summed E-state index contributed by atoms with van der Waals surface area (Å²) in [6.45, 7) is 4.80. The second-order valence-electron chi connectivity index (χ2n) is 5.78. The zero-order chi connectivity index (χ0) is 15.3. The fourth-order valence-electron chi connectivity index (χ4n) is 2.62. The molecular weight excluding hydrogens is 286 g/mol. The van der Waals surface area contributed by atoms with E-state index < -0.39 is 9.84 Å². The molecule has 0 unspecified atom stereocenters. The molecule has 1 fully saturated rings. The molecule has 0 amide bonds.